The highest BCUT2D eigenvalue weighted by molar-refractivity contribution is 5.71. The van der Waals surface area contributed by atoms with Crippen molar-refractivity contribution in [3.63, 3.8) is 0 Å². The molecule has 0 amide bonds. The zero-order chi connectivity index (χ0) is 35.5. The Balaban J connectivity index is 4.24. The summed E-state index contributed by atoms with van der Waals surface area (Å²) in [5.74, 6) is 0.743. The summed E-state index contributed by atoms with van der Waals surface area (Å²) in [5, 5.41) is 0. The van der Waals surface area contributed by atoms with Gasteiger partial charge in [-0.15, -0.1) is 0 Å². The summed E-state index contributed by atoms with van der Waals surface area (Å²) in [5.41, 5.74) is 0. The number of ether oxygens (including phenoxy) is 3. The molecule has 0 spiro atoms. The molecular formula is C42H80O6. The number of carbonyl (C=O) groups excluding carboxylic acids is 3. The van der Waals surface area contributed by atoms with Crippen molar-refractivity contribution >= 4 is 17.9 Å². The number of hydrogen-bond donors (Lipinski definition) is 0. The number of carbonyl (C=O) groups is 3. The van der Waals surface area contributed by atoms with Crippen molar-refractivity contribution in [1.29, 1.82) is 0 Å². The first-order valence-corrected chi connectivity index (χ1v) is 20.7. The van der Waals surface area contributed by atoms with Gasteiger partial charge < -0.3 is 14.2 Å². The minimum Gasteiger partial charge on any atom is -0.462 e. The van der Waals surface area contributed by atoms with E-state index in [1.165, 1.54) is 103 Å². The van der Waals surface area contributed by atoms with Gasteiger partial charge in [-0.3, -0.25) is 14.4 Å². The van der Waals surface area contributed by atoms with Crippen LogP contribution in [0.4, 0.5) is 0 Å². The van der Waals surface area contributed by atoms with E-state index in [0.29, 0.717) is 19.3 Å². The van der Waals surface area contributed by atoms with E-state index in [2.05, 4.69) is 34.6 Å². The predicted octanol–water partition coefficient (Wildman–Crippen LogP) is 12.6. The van der Waals surface area contributed by atoms with Crippen LogP contribution in [0.3, 0.4) is 0 Å². The third-order valence-electron chi connectivity index (χ3n) is 9.22. The van der Waals surface area contributed by atoms with Gasteiger partial charge in [0.2, 0.25) is 0 Å². The van der Waals surface area contributed by atoms with Gasteiger partial charge in [-0.25, -0.2) is 0 Å². The van der Waals surface area contributed by atoms with Crippen molar-refractivity contribution in [3.05, 3.63) is 0 Å². The molecule has 48 heavy (non-hydrogen) atoms. The van der Waals surface area contributed by atoms with E-state index in [-0.39, 0.29) is 31.1 Å². The second-order valence-corrected chi connectivity index (χ2v) is 15.2. The van der Waals surface area contributed by atoms with Crippen molar-refractivity contribution in [2.45, 2.75) is 227 Å². The van der Waals surface area contributed by atoms with E-state index in [4.69, 9.17) is 14.2 Å². The maximum absolute atomic E-state index is 12.6. The lowest BCUT2D eigenvalue weighted by Gasteiger charge is -2.18. The molecule has 0 aromatic rings. The summed E-state index contributed by atoms with van der Waals surface area (Å²) < 4.78 is 16.5. The number of hydrogen-bond acceptors (Lipinski definition) is 6. The van der Waals surface area contributed by atoms with Crippen molar-refractivity contribution in [2.24, 2.45) is 11.8 Å². The molecule has 0 aromatic heterocycles. The summed E-state index contributed by atoms with van der Waals surface area (Å²) in [4.78, 5) is 37.3. The van der Waals surface area contributed by atoms with Crippen LogP contribution < -0.4 is 0 Å². The first kappa shape index (κ1) is 46.4. The van der Waals surface area contributed by atoms with E-state index in [1.807, 2.05) is 0 Å². The standard InChI is InChI=1S/C42H80O6/c1-6-7-8-20-27-32-40(43)46-35-39(36-47-41(44)33-28-23-18-15-14-17-22-26-31-38(4)5)48-42(45)34-29-24-19-13-11-9-10-12-16-21-25-30-37(2)3/h37-39H,6-36H2,1-5H3/t39-/m1/s1. The summed E-state index contributed by atoms with van der Waals surface area (Å²) in [6.45, 7) is 11.2. The highest BCUT2D eigenvalue weighted by Gasteiger charge is 2.19. The molecule has 1 atom stereocenters. The van der Waals surface area contributed by atoms with Crippen molar-refractivity contribution in [3.8, 4) is 0 Å². The van der Waals surface area contributed by atoms with Crippen LogP contribution in [0.2, 0.25) is 0 Å². The Labute approximate surface area is 298 Å². The first-order valence-electron chi connectivity index (χ1n) is 20.7. The maximum Gasteiger partial charge on any atom is 0.306 e. The molecular weight excluding hydrogens is 600 g/mol. The fourth-order valence-corrected chi connectivity index (χ4v) is 6.05. The van der Waals surface area contributed by atoms with Gasteiger partial charge in [-0.2, -0.15) is 0 Å². The molecule has 0 radical (unpaired) electrons. The highest BCUT2D eigenvalue weighted by Crippen LogP contribution is 2.16. The van der Waals surface area contributed by atoms with E-state index in [1.54, 1.807) is 0 Å². The molecule has 6 nitrogen and oxygen atoms in total. The molecule has 0 saturated heterocycles. The molecule has 6 heteroatoms. The summed E-state index contributed by atoms with van der Waals surface area (Å²) >= 11 is 0. The van der Waals surface area contributed by atoms with Gasteiger partial charge in [-0.1, -0.05) is 182 Å². The average molecular weight is 681 g/mol. The van der Waals surface area contributed by atoms with Gasteiger partial charge >= 0.3 is 17.9 Å². The highest BCUT2D eigenvalue weighted by atomic mass is 16.6. The molecule has 0 fully saturated rings. The van der Waals surface area contributed by atoms with Gasteiger partial charge in [0.05, 0.1) is 0 Å². The minimum absolute atomic E-state index is 0.0670. The summed E-state index contributed by atoms with van der Waals surface area (Å²) in [6.07, 6.45) is 31.2. The molecule has 284 valence electrons. The second kappa shape index (κ2) is 35.2. The second-order valence-electron chi connectivity index (χ2n) is 15.2. The zero-order valence-corrected chi connectivity index (χ0v) is 32.6. The maximum atomic E-state index is 12.6. The van der Waals surface area contributed by atoms with Crippen LogP contribution in [-0.4, -0.2) is 37.2 Å². The van der Waals surface area contributed by atoms with Crippen LogP contribution in [0.1, 0.15) is 221 Å². The summed E-state index contributed by atoms with van der Waals surface area (Å²) in [6, 6.07) is 0. The van der Waals surface area contributed by atoms with Crippen molar-refractivity contribution < 1.29 is 28.6 Å². The molecule has 0 aliphatic heterocycles. The van der Waals surface area contributed by atoms with Crippen molar-refractivity contribution in [1.82, 2.24) is 0 Å². The quantitative estimate of drug-likeness (QED) is 0.0372. The topological polar surface area (TPSA) is 78.9 Å². The lowest BCUT2D eigenvalue weighted by atomic mass is 10.0. The van der Waals surface area contributed by atoms with Crippen molar-refractivity contribution in [2.75, 3.05) is 13.2 Å². The SMILES string of the molecule is CCCCCCCC(=O)OC[C@H](COC(=O)CCCCCCCCCCC(C)C)OC(=O)CCCCCCCCCCCCCC(C)C. The smallest absolute Gasteiger partial charge is 0.306 e. The monoisotopic (exact) mass is 681 g/mol. The Morgan fingerprint density at radius 3 is 1.02 bits per heavy atom. The van der Waals surface area contributed by atoms with Crippen LogP contribution in [0, 0.1) is 11.8 Å². The Hall–Kier alpha value is -1.59. The van der Waals surface area contributed by atoms with E-state index in [9.17, 15) is 14.4 Å². The third-order valence-corrected chi connectivity index (χ3v) is 9.22. The molecule has 0 saturated carbocycles. The first-order chi connectivity index (χ1) is 23.2. The van der Waals surface area contributed by atoms with Crippen LogP contribution in [-0.2, 0) is 28.6 Å². The van der Waals surface area contributed by atoms with Crippen LogP contribution in [0.15, 0.2) is 0 Å². The molecule has 0 heterocycles. The molecule has 0 unspecified atom stereocenters. The number of unbranched alkanes of at least 4 members (excludes halogenated alkanes) is 21. The molecule has 0 aliphatic carbocycles. The molecule has 0 aromatic carbocycles. The third kappa shape index (κ3) is 35.7. The summed E-state index contributed by atoms with van der Waals surface area (Å²) in [7, 11) is 0. The predicted molar refractivity (Wildman–Crippen MR) is 201 cm³/mol. The molecule has 0 aliphatic rings. The molecule has 0 bridgehead atoms. The van der Waals surface area contributed by atoms with Gasteiger partial charge in [0.25, 0.3) is 0 Å². The Kier molecular flexibility index (Phi) is 34.1. The molecule has 0 rings (SSSR count). The molecule has 0 N–H and O–H groups in total. The number of rotatable bonds is 36. The normalized spacial score (nSPS) is 12.1. The van der Waals surface area contributed by atoms with Gasteiger partial charge in [0.15, 0.2) is 6.10 Å². The lowest BCUT2D eigenvalue weighted by molar-refractivity contribution is -0.167. The van der Waals surface area contributed by atoms with Crippen LogP contribution >= 0.6 is 0 Å². The van der Waals surface area contributed by atoms with Crippen LogP contribution in [0.25, 0.3) is 0 Å². The Morgan fingerprint density at radius 1 is 0.396 bits per heavy atom. The van der Waals surface area contributed by atoms with Crippen LogP contribution in [0.5, 0.6) is 0 Å². The average Bonchev–Trinajstić information content (AvgIpc) is 3.04. The van der Waals surface area contributed by atoms with E-state index >= 15 is 0 Å². The fourth-order valence-electron chi connectivity index (χ4n) is 6.05. The Bertz CT molecular complexity index is 734. The van der Waals surface area contributed by atoms with Gasteiger partial charge in [-0.05, 0) is 31.1 Å². The fraction of sp³-hybridized carbons (Fsp3) is 0.929. The zero-order valence-electron chi connectivity index (χ0n) is 32.6. The minimum atomic E-state index is -0.758. The largest absolute Gasteiger partial charge is 0.462 e. The van der Waals surface area contributed by atoms with Gasteiger partial charge in [0.1, 0.15) is 13.2 Å². The lowest BCUT2D eigenvalue weighted by Crippen LogP contribution is -2.30. The van der Waals surface area contributed by atoms with E-state index < -0.39 is 6.10 Å². The van der Waals surface area contributed by atoms with Gasteiger partial charge in [0, 0.05) is 19.3 Å². The Morgan fingerprint density at radius 2 is 0.688 bits per heavy atom. The van der Waals surface area contributed by atoms with E-state index in [0.717, 1.165) is 76.0 Å². The number of esters is 3.